The number of esters is 1. The van der Waals surface area contributed by atoms with E-state index in [1.54, 1.807) is 6.08 Å². The topological polar surface area (TPSA) is 50.1 Å². The van der Waals surface area contributed by atoms with Crippen LogP contribution < -0.4 is 0 Å². The molecule has 0 spiro atoms. The summed E-state index contributed by atoms with van der Waals surface area (Å²) in [7, 11) is 0. The summed E-state index contributed by atoms with van der Waals surface area (Å²) in [6.07, 6.45) is 2.47. The van der Waals surface area contributed by atoms with Crippen molar-refractivity contribution in [1.29, 1.82) is 5.26 Å². The van der Waals surface area contributed by atoms with E-state index in [0.717, 1.165) is 0 Å². The van der Waals surface area contributed by atoms with E-state index in [2.05, 4.69) is 13.2 Å². The van der Waals surface area contributed by atoms with Crippen molar-refractivity contribution < 1.29 is 9.53 Å². The molecule has 0 saturated carbocycles. The normalized spacial score (nSPS) is 11.1. The van der Waals surface area contributed by atoms with E-state index in [1.807, 2.05) is 6.07 Å². The summed E-state index contributed by atoms with van der Waals surface area (Å²) in [4.78, 5) is 10.6. The molecule has 0 saturated heterocycles. The van der Waals surface area contributed by atoms with Crippen molar-refractivity contribution in [3.63, 3.8) is 0 Å². The first-order chi connectivity index (χ1) is 6.11. The average Bonchev–Trinajstić information content (AvgIpc) is 2.10. The van der Waals surface area contributed by atoms with Crippen LogP contribution in [0.1, 0.15) is 19.8 Å². The number of carbonyl (C=O) groups excluding carboxylic acids is 1. The van der Waals surface area contributed by atoms with Gasteiger partial charge in [0.1, 0.15) is 6.10 Å². The molecule has 3 heteroatoms. The van der Waals surface area contributed by atoms with Crippen molar-refractivity contribution in [3.05, 3.63) is 24.8 Å². The van der Waals surface area contributed by atoms with E-state index in [1.165, 1.54) is 6.92 Å². The zero-order valence-corrected chi connectivity index (χ0v) is 7.75. The summed E-state index contributed by atoms with van der Waals surface area (Å²) in [5.41, 5.74) is 0.275. The van der Waals surface area contributed by atoms with Gasteiger partial charge in [-0.3, -0.25) is 4.79 Å². The molecule has 0 rings (SSSR count). The van der Waals surface area contributed by atoms with Gasteiger partial charge in [0.15, 0.2) is 0 Å². The number of hydrogen-bond donors (Lipinski definition) is 0. The molecule has 0 fully saturated rings. The third-order valence-electron chi connectivity index (χ3n) is 1.47. The zero-order valence-electron chi connectivity index (χ0n) is 7.75. The van der Waals surface area contributed by atoms with Crippen molar-refractivity contribution in [3.8, 4) is 6.07 Å². The molecule has 1 unspecified atom stereocenters. The summed E-state index contributed by atoms with van der Waals surface area (Å²) in [5.74, 6) is -0.398. The second-order valence-corrected chi connectivity index (χ2v) is 2.60. The van der Waals surface area contributed by atoms with Crippen molar-refractivity contribution in [2.24, 2.45) is 0 Å². The zero-order chi connectivity index (χ0) is 10.3. The molecule has 0 aromatic carbocycles. The van der Waals surface area contributed by atoms with Gasteiger partial charge in [-0.1, -0.05) is 12.7 Å². The van der Waals surface area contributed by atoms with Crippen LogP contribution in [0, 0.1) is 11.3 Å². The third kappa shape index (κ3) is 4.81. The fourth-order valence-electron chi connectivity index (χ4n) is 0.846. The van der Waals surface area contributed by atoms with Crippen LogP contribution in [0.2, 0.25) is 0 Å². The second-order valence-electron chi connectivity index (χ2n) is 2.60. The summed E-state index contributed by atoms with van der Waals surface area (Å²) >= 11 is 0. The number of allylic oxidation sites excluding steroid dienone is 1. The Morgan fingerprint density at radius 2 is 2.38 bits per heavy atom. The molecule has 0 aliphatic heterocycles. The molecule has 0 aromatic rings. The molecule has 0 bridgehead atoms. The van der Waals surface area contributed by atoms with Crippen molar-refractivity contribution >= 4 is 5.97 Å². The predicted molar refractivity (Wildman–Crippen MR) is 49.7 cm³/mol. The van der Waals surface area contributed by atoms with Crippen LogP contribution in [0.25, 0.3) is 0 Å². The number of nitrogens with zero attached hydrogens (tertiary/aromatic N) is 1. The van der Waals surface area contributed by atoms with Crippen LogP contribution >= 0.6 is 0 Å². The second kappa shape index (κ2) is 6.01. The molecular formula is C10H13NO2. The van der Waals surface area contributed by atoms with Gasteiger partial charge in [0.25, 0.3) is 0 Å². The van der Waals surface area contributed by atoms with Crippen molar-refractivity contribution in [1.82, 2.24) is 0 Å². The average molecular weight is 179 g/mol. The number of rotatable bonds is 5. The van der Waals surface area contributed by atoms with Gasteiger partial charge in [-0.05, 0) is 12.8 Å². The van der Waals surface area contributed by atoms with Crippen molar-refractivity contribution in [2.45, 2.75) is 25.9 Å². The lowest BCUT2D eigenvalue weighted by Gasteiger charge is -2.13. The molecule has 1 atom stereocenters. The third-order valence-corrected chi connectivity index (χ3v) is 1.47. The van der Waals surface area contributed by atoms with Gasteiger partial charge in [-0.15, -0.1) is 6.58 Å². The number of carbonyl (C=O) groups is 1. The molecule has 0 heterocycles. The Morgan fingerprint density at radius 3 is 2.77 bits per heavy atom. The summed E-state index contributed by atoms with van der Waals surface area (Å²) in [6, 6.07) is 1.87. The SMILES string of the molecule is C=CCCC(OC(C)=O)C(=C)C#N. The fourth-order valence-corrected chi connectivity index (χ4v) is 0.846. The lowest BCUT2D eigenvalue weighted by molar-refractivity contribution is -0.144. The highest BCUT2D eigenvalue weighted by atomic mass is 16.5. The van der Waals surface area contributed by atoms with Crippen LogP contribution in [-0.2, 0) is 9.53 Å². The highest BCUT2D eigenvalue weighted by molar-refractivity contribution is 5.66. The Balaban J connectivity index is 4.19. The maximum atomic E-state index is 10.6. The van der Waals surface area contributed by atoms with E-state index in [9.17, 15) is 4.79 Å². The molecule has 3 nitrogen and oxygen atoms in total. The Morgan fingerprint density at radius 1 is 1.77 bits per heavy atom. The monoisotopic (exact) mass is 179 g/mol. The van der Waals surface area contributed by atoms with Gasteiger partial charge in [-0.2, -0.15) is 5.26 Å². The van der Waals surface area contributed by atoms with E-state index < -0.39 is 12.1 Å². The lowest BCUT2D eigenvalue weighted by atomic mass is 10.1. The first-order valence-corrected chi connectivity index (χ1v) is 3.98. The summed E-state index contributed by atoms with van der Waals surface area (Å²) < 4.78 is 4.90. The Labute approximate surface area is 78.3 Å². The largest absolute Gasteiger partial charge is 0.457 e. The standard InChI is InChI=1S/C10H13NO2/c1-4-5-6-10(8(2)7-11)13-9(3)12/h4,10H,1-2,5-6H2,3H3. The first-order valence-electron chi connectivity index (χ1n) is 3.98. The predicted octanol–water partition coefficient (Wildman–Crippen LogP) is 1.96. The Bertz CT molecular complexity index is 250. The number of ether oxygens (including phenoxy) is 1. The maximum Gasteiger partial charge on any atom is 0.303 e. The molecule has 0 aromatic heterocycles. The summed E-state index contributed by atoms with van der Waals surface area (Å²) in [5, 5.41) is 8.55. The highest BCUT2D eigenvalue weighted by Crippen LogP contribution is 2.11. The van der Waals surface area contributed by atoms with Crippen LogP contribution in [0.4, 0.5) is 0 Å². The fraction of sp³-hybridized carbons (Fsp3) is 0.400. The van der Waals surface area contributed by atoms with Gasteiger partial charge in [-0.25, -0.2) is 0 Å². The van der Waals surface area contributed by atoms with Crippen molar-refractivity contribution in [2.75, 3.05) is 0 Å². The van der Waals surface area contributed by atoms with Gasteiger partial charge in [0.2, 0.25) is 0 Å². The molecule has 0 amide bonds. The van der Waals surface area contributed by atoms with Gasteiger partial charge in [0, 0.05) is 6.92 Å². The quantitative estimate of drug-likeness (QED) is 0.368. The molecule has 70 valence electrons. The minimum Gasteiger partial charge on any atom is -0.457 e. The van der Waals surface area contributed by atoms with E-state index in [0.29, 0.717) is 12.8 Å². The minimum absolute atomic E-state index is 0.275. The maximum absolute atomic E-state index is 10.6. The lowest BCUT2D eigenvalue weighted by Crippen LogP contribution is -2.17. The number of nitriles is 1. The molecule has 0 radical (unpaired) electrons. The molecule has 0 N–H and O–H groups in total. The van der Waals surface area contributed by atoms with Gasteiger partial charge < -0.3 is 4.74 Å². The summed E-state index contributed by atoms with van der Waals surface area (Å²) in [6.45, 7) is 8.36. The Hall–Kier alpha value is -1.56. The van der Waals surface area contributed by atoms with Crippen LogP contribution in [0.5, 0.6) is 0 Å². The van der Waals surface area contributed by atoms with Crippen LogP contribution in [-0.4, -0.2) is 12.1 Å². The first kappa shape index (κ1) is 11.4. The molecular weight excluding hydrogens is 166 g/mol. The molecule has 0 aliphatic rings. The van der Waals surface area contributed by atoms with E-state index >= 15 is 0 Å². The van der Waals surface area contributed by atoms with E-state index in [4.69, 9.17) is 10.00 Å². The molecule has 13 heavy (non-hydrogen) atoms. The van der Waals surface area contributed by atoms with Crippen LogP contribution in [0.3, 0.4) is 0 Å². The van der Waals surface area contributed by atoms with Gasteiger partial charge in [0.05, 0.1) is 11.6 Å². The number of hydrogen-bond acceptors (Lipinski definition) is 3. The highest BCUT2D eigenvalue weighted by Gasteiger charge is 2.14. The van der Waals surface area contributed by atoms with Crippen LogP contribution in [0.15, 0.2) is 24.8 Å². The minimum atomic E-state index is -0.500. The molecule has 0 aliphatic carbocycles. The smallest absolute Gasteiger partial charge is 0.303 e. The van der Waals surface area contributed by atoms with E-state index in [-0.39, 0.29) is 5.57 Å². The Kier molecular flexibility index (Phi) is 5.29. The van der Waals surface area contributed by atoms with Gasteiger partial charge >= 0.3 is 5.97 Å².